The van der Waals surface area contributed by atoms with E-state index in [1.807, 2.05) is 37.7 Å². The number of esters is 1. The fourth-order valence-corrected chi connectivity index (χ4v) is 9.31. The summed E-state index contributed by atoms with van der Waals surface area (Å²) in [7, 11) is 5.13. The minimum atomic E-state index is -1.83. The second-order valence-electron chi connectivity index (χ2n) is 18.2. The van der Waals surface area contributed by atoms with Crippen molar-refractivity contribution in [3.05, 3.63) is 0 Å². The third-order valence-electron chi connectivity index (χ3n) is 13.0. The predicted octanol–water partition coefficient (Wildman–Crippen LogP) is 1.49. The molecule has 3 saturated heterocycles. The standard InChI is InChI=1S/C41H76N2O14.Li.H/c1-14-29-41(10,51)34(47)26(6)43(12)21-22(2)19-39(8,50)36(57-38-32(46)28(18-23(3)53-38)42(11)17-15-16-30(44)45)24(4)33(25(5)37(49)55-29)56-31-20-40(9,52-13)35(48)27(7)54-31;;/h22-29,31-36,38,46-48,50-51H,14-21H2,1-13H3,(H,44,45);;. The topological polar surface area (TPSA) is 217 Å². The van der Waals surface area contributed by atoms with E-state index in [0.717, 1.165) is 0 Å². The fraction of sp³-hybridized carbons (Fsp3) is 0.951. The quantitative estimate of drug-likeness (QED) is 0.129. The van der Waals surface area contributed by atoms with Crippen molar-refractivity contribution in [2.75, 3.05) is 34.3 Å². The van der Waals surface area contributed by atoms with Crippen molar-refractivity contribution in [1.82, 2.24) is 9.80 Å². The number of aliphatic carboxylic acids is 1. The summed E-state index contributed by atoms with van der Waals surface area (Å²) in [6.07, 6.45) is -8.78. The Kier molecular flexibility index (Phi) is 20.1. The molecule has 3 heterocycles. The van der Waals surface area contributed by atoms with E-state index in [4.69, 9.17) is 28.4 Å². The first kappa shape index (κ1) is 53.2. The molecule has 18 unspecified atom stereocenters. The molecule has 17 heteroatoms. The van der Waals surface area contributed by atoms with E-state index < -0.39 is 108 Å². The predicted molar refractivity (Wildman–Crippen MR) is 217 cm³/mol. The molecule has 3 aliphatic rings. The molecule has 0 aromatic heterocycles. The molecular formula is C41H77LiN2O14. The van der Waals surface area contributed by atoms with Crippen molar-refractivity contribution < 1.29 is 68.6 Å². The maximum atomic E-state index is 14.3. The van der Waals surface area contributed by atoms with E-state index in [-0.39, 0.29) is 56.6 Å². The molecule has 58 heavy (non-hydrogen) atoms. The van der Waals surface area contributed by atoms with Gasteiger partial charge in [0.15, 0.2) is 12.6 Å². The number of hydrogen-bond donors (Lipinski definition) is 6. The maximum absolute atomic E-state index is 14.3. The van der Waals surface area contributed by atoms with Crippen molar-refractivity contribution in [2.45, 2.75) is 198 Å². The van der Waals surface area contributed by atoms with Gasteiger partial charge < -0.3 is 68.9 Å². The molecule has 16 nitrogen and oxygen atoms in total. The third-order valence-corrected chi connectivity index (χ3v) is 13.0. The molecular weight excluding hydrogens is 751 g/mol. The molecule has 3 fully saturated rings. The van der Waals surface area contributed by atoms with E-state index in [2.05, 4.69) is 0 Å². The molecule has 0 spiro atoms. The molecule has 0 aromatic rings. The van der Waals surface area contributed by atoms with Crippen LogP contribution < -0.4 is 0 Å². The number of carbonyl (C=O) groups is 2. The Morgan fingerprint density at radius 3 is 2.17 bits per heavy atom. The first-order chi connectivity index (χ1) is 26.3. The molecule has 336 valence electrons. The Bertz CT molecular complexity index is 1300. The number of hydrogen-bond acceptors (Lipinski definition) is 15. The Balaban J connectivity index is 0.0000116. The van der Waals surface area contributed by atoms with Gasteiger partial charge in [-0.1, -0.05) is 20.8 Å². The monoisotopic (exact) mass is 829 g/mol. The molecule has 6 N–H and O–H groups in total. The first-order valence-electron chi connectivity index (χ1n) is 20.8. The molecule has 0 amide bonds. The van der Waals surface area contributed by atoms with Gasteiger partial charge in [0.2, 0.25) is 0 Å². The number of methoxy groups -OCH3 is 1. The SMILES string of the molecule is CCC1OC(=O)C(C)C(OC2CC(C)(OC)C(O)C(C)O2)C(C)C(OC2OC(C)CC(N(C)CCCC(=O)O)C2O)C(C)(O)CC(C)CN(C)C(C)C(O)C1(C)O.[LiH]. The average molecular weight is 829 g/mol. The molecule has 0 saturated carbocycles. The number of cyclic esters (lactones) is 1. The summed E-state index contributed by atoms with van der Waals surface area (Å²) >= 11 is 0. The Labute approximate surface area is 358 Å². The summed E-state index contributed by atoms with van der Waals surface area (Å²) in [4.78, 5) is 29.3. The molecule has 3 rings (SSSR count). The van der Waals surface area contributed by atoms with Gasteiger partial charge in [-0.25, -0.2) is 0 Å². The average Bonchev–Trinajstić information content (AvgIpc) is 3.12. The van der Waals surface area contributed by atoms with Gasteiger partial charge in [-0.3, -0.25) is 9.59 Å². The van der Waals surface area contributed by atoms with Gasteiger partial charge in [0.1, 0.15) is 30.0 Å². The summed E-state index contributed by atoms with van der Waals surface area (Å²) in [5.74, 6) is -3.70. The molecule has 0 bridgehead atoms. The van der Waals surface area contributed by atoms with Crippen LogP contribution in [0.5, 0.6) is 0 Å². The van der Waals surface area contributed by atoms with E-state index in [1.165, 1.54) is 14.0 Å². The van der Waals surface area contributed by atoms with E-state index >= 15 is 0 Å². The van der Waals surface area contributed by atoms with E-state index in [0.29, 0.717) is 25.9 Å². The Morgan fingerprint density at radius 1 is 0.983 bits per heavy atom. The van der Waals surface area contributed by atoms with Gasteiger partial charge in [-0.15, -0.1) is 0 Å². The van der Waals surface area contributed by atoms with Gasteiger partial charge in [0, 0.05) is 44.5 Å². The van der Waals surface area contributed by atoms with Crippen LogP contribution >= 0.6 is 0 Å². The second kappa shape index (κ2) is 21.9. The van der Waals surface area contributed by atoms with Crippen molar-refractivity contribution in [3.63, 3.8) is 0 Å². The Hall–Kier alpha value is -0.943. The van der Waals surface area contributed by atoms with Crippen LogP contribution in [-0.4, -0.2) is 196 Å². The number of rotatable bonds is 11. The van der Waals surface area contributed by atoms with Crippen molar-refractivity contribution in [1.29, 1.82) is 0 Å². The third kappa shape index (κ3) is 12.8. The van der Waals surface area contributed by atoms with Gasteiger partial charge in [-0.2, -0.15) is 0 Å². The number of carbonyl (C=O) groups excluding carboxylic acids is 1. The van der Waals surface area contributed by atoms with Gasteiger partial charge in [0.05, 0.1) is 41.5 Å². The summed E-state index contributed by atoms with van der Waals surface area (Å²) in [6, 6.07) is -1.03. The zero-order valence-electron chi connectivity index (χ0n) is 36.7. The van der Waals surface area contributed by atoms with Crippen LogP contribution in [0.15, 0.2) is 0 Å². The van der Waals surface area contributed by atoms with Gasteiger partial charge in [0.25, 0.3) is 0 Å². The number of carboxylic acids is 1. The number of aliphatic hydroxyl groups is 5. The zero-order valence-corrected chi connectivity index (χ0v) is 36.7. The van der Waals surface area contributed by atoms with Crippen LogP contribution in [0.25, 0.3) is 0 Å². The summed E-state index contributed by atoms with van der Waals surface area (Å²) in [5.41, 5.74) is -4.52. The van der Waals surface area contributed by atoms with Crippen LogP contribution in [-0.2, 0) is 38.0 Å². The number of aliphatic hydroxyl groups excluding tert-OH is 3. The number of likely N-dealkylation sites (N-methyl/N-ethyl adjacent to an activating group) is 2. The van der Waals surface area contributed by atoms with Crippen LogP contribution in [0.1, 0.15) is 108 Å². The normalized spacial score (nSPS) is 45.4. The number of ether oxygens (including phenoxy) is 6. The van der Waals surface area contributed by atoms with E-state index in [1.54, 1.807) is 48.5 Å². The van der Waals surface area contributed by atoms with Crippen molar-refractivity contribution in [3.8, 4) is 0 Å². The fourth-order valence-electron chi connectivity index (χ4n) is 9.31. The van der Waals surface area contributed by atoms with Crippen LogP contribution in [0, 0.1) is 17.8 Å². The van der Waals surface area contributed by atoms with E-state index in [9.17, 15) is 40.2 Å². The first-order valence-corrected chi connectivity index (χ1v) is 20.8. The minimum absolute atomic E-state index is 0. The summed E-state index contributed by atoms with van der Waals surface area (Å²) < 4.78 is 37.7. The molecule has 3 aliphatic heterocycles. The van der Waals surface area contributed by atoms with Crippen molar-refractivity contribution in [2.24, 2.45) is 17.8 Å². The van der Waals surface area contributed by atoms with Crippen LogP contribution in [0.2, 0.25) is 0 Å². The summed E-state index contributed by atoms with van der Waals surface area (Å²) in [5, 5.41) is 67.9. The van der Waals surface area contributed by atoms with Gasteiger partial charge >= 0.3 is 30.8 Å². The number of carboxylic acid groups (broad SMARTS) is 1. The molecule has 0 radical (unpaired) electrons. The molecule has 18 atom stereocenters. The van der Waals surface area contributed by atoms with Gasteiger partial charge in [-0.05, 0) is 101 Å². The molecule has 0 aliphatic carbocycles. The number of nitrogens with zero attached hydrogens (tertiary/aromatic N) is 2. The Morgan fingerprint density at radius 2 is 1.60 bits per heavy atom. The zero-order chi connectivity index (χ0) is 43.4. The molecule has 0 aromatic carbocycles. The van der Waals surface area contributed by atoms with Crippen molar-refractivity contribution >= 4 is 30.8 Å². The van der Waals surface area contributed by atoms with Crippen LogP contribution in [0.3, 0.4) is 0 Å². The summed E-state index contributed by atoms with van der Waals surface area (Å²) in [6.45, 7) is 18.1. The van der Waals surface area contributed by atoms with Crippen LogP contribution in [0.4, 0.5) is 0 Å². The second-order valence-corrected chi connectivity index (χ2v) is 18.2.